The lowest BCUT2D eigenvalue weighted by molar-refractivity contribution is -0.0328. The first-order valence-corrected chi connectivity index (χ1v) is 6.82. The molecule has 0 aliphatic heterocycles. The summed E-state index contributed by atoms with van der Waals surface area (Å²) in [5.74, 6) is 0. The van der Waals surface area contributed by atoms with Crippen molar-refractivity contribution in [1.29, 1.82) is 0 Å². The molecule has 0 unspecified atom stereocenters. The minimum atomic E-state index is -4.26. The van der Waals surface area contributed by atoms with Crippen molar-refractivity contribution in [3.8, 4) is 0 Å². The predicted molar refractivity (Wildman–Crippen MR) is 74.9 cm³/mol. The molecular weight excluding hydrogens is 309 g/mol. The zero-order valence-electron chi connectivity index (χ0n) is 10.1. The number of nitrogens with zero attached hydrogens (tertiary/aromatic N) is 1. The van der Waals surface area contributed by atoms with Gasteiger partial charge < -0.3 is 5.32 Å². The van der Waals surface area contributed by atoms with Gasteiger partial charge in [-0.25, -0.2) is 4.98 Å². The molecule has 2 aromatic rings. The molecule has 106 valence electrons. The Kier molecular flexibility index (Phi) is 4.77. The van der Waals surface area contributed by atoms with Gasteiger partial charge in [0, 0.05) is 17.6 Å². The molecule has 1 heterocycles. The van der Waals surface area contributed by atoms with Crippen LogP contribution in [0.1, 0.15) is 5.56 Å². The van der Waals surface area contributed by atoms with Crippen molar-refractivity contribution in [1.82, 2.24) is 4.98 Å². The van der Waals surface area contributed by atoms with Crippen LogP contribution in [0.15, 0.2) is 47.5 Å². The maximum atomic E-state index is 12.2. The highest BCUT2D eigenvalue weighted by atomic mass is 35.5. The van der Waals surface area contributed by atoms with Crippen LogP contribution < -0.4 is 5.32 Å². The Labute approximate surface area is 123 Å². The van der Waals surface area contributed by atoms with Gasteiger partial charge in [0.2, 0.25) is 0 Å². The molecule has 2 nitrogen and oxygen atoms in total. The Balaban J connectivity index is 1.96. The maximum absolute atomic E-state index is 12.2. The summed E-state index contributed by atoms with van der Waals surface area (Å²) in [7, 11) is 0. The highest BCUT2D eigenvalue weighted by Crippen LogP contribution is 2.36. The van der Waals surface area contributed by atoms with Gasteiger partial charge in [-0.05, 0) is 41.6 Å². The number of aromatic nitrogens is 1. The number of hydrogen-bond donors (Lipinski definition) is 1. The summed E-state index contributed by atoms with van der Waals surface area (Å²) in [6.07, 6.45) is 1.58. The minimum Gasteiger partial charge on any atom is -0.378 e. The Hall–Kier alpha value is -1.40. The van der Waals surface area contributed by atoms with Crippen molar-refractivity contribution in [2.24, 2.45) is 0 Å². The van der Waals surface area contributed by atoms with Gasteiger partial charge in [0.1, 0.15) is 0 Å². The summed E-state index contributed by atoms with van der Waals surface area (Å²) < 4.78 is 36.6. The number of anilines is 1. The molecule has 0 saturated heterocycles. The molecule has 1 aromatic carbocycles. The normalized spacial score (nSPS) is 11.4. The van der Waals surface area contributed by atoms with E-state index in [1.165, 1.54) is 12.1 Å². The van der Waals surface area contributed by atoms with E-state index >= 15 is 0 Å². The van der Waals surface area contributed by atoms with E-state index in [1.54, 1.807) is 30.5 Å². The van der Waals surface area contributed by atoms with Gasteiger partial charge in [-0.15, -0.1) is 0 Å². The van der Waals surface area contributed by atoms with Crippen LogP contribution in [0.5, 0.6) is 0 Å². The molecule has 0 bridgehead atoms. The average molecular weight is 319 g/mol. The number of pyridine rings is 1. The monoisotopic (exact) mass is 318 g/mol. The number of alkyl halides is 3. The number of halogens is 4. The highest BCUT2D eigenvalue weighted by molar-refractivity contribution is 8.00. The first-order valence-electron chi connectivity index (χ1n) is 5.63. The lowest BCUT2D eigenvalue weighted by Crippen LogP contribution is -2.01. The van der Waals surface area contributed by atoms with Crippen molar-refractivity contribution < 1.29 is 13.2 Å². The van der Waals surface area contributed by atoms with E-state index in [9.17, 15) is 13.2 Å². The molecule has 0 amide bonds. The summed E-state index contributed by atoms with van der Waals surface area (Å²) in [5.41, 5.74) is -2.72. The molecule has 0 saturated carbocycles. The average Bonchev–Trinajstić information content (AvgIpc) is 2.38. The lowest BCUT2D eigenvalue weighted by Gasteiger charge is -2.09. The lowest BCUT2D eigenvalue weighted by atomic mass is 10.2. The first-order chi connectivity index (χ1) is 9.44. The summed E-state index contributed by atoms with van der Waals surface area (Å²) in [6, 6.07) is 9.71. The second kappa shape index (κ2) is 6.37. The van der Waals surface area contributed by atoms with E-state index in [0.29, 0.717) is 17.4 Å². The van der Waals surface area contributed by atoms with Gasteiger partial charge in [0.25, 0.3) is 0 Å². The summed E-state index contributed by atoms with van der Waals surface area (Å²) in [5, 5.41) is 3.43. The largest absolute Gasteiger partial charge is 0.446 e. The third-order valence-electron chi connectivity index (χ3n) is 2.40. The number of rotatable bonds is 4. The smallest absolute Gasteiger partial charge is 0.378 e. The molecule has 7 heteroatoms. The van der Waals surface area contributed by atoms with Crippen molar-refractivity contribution in [3.63, 3.8) is 0 Å². The zero-order chi connectivity index (χ0) is 14.6. The van der Waals surface area contributed by atoms with E-state index in [-0.39, 0.29) is 16.7 Å². The van der Waals surface area contributed by atoms with Crippen LogP contribution in [0, 0.1) is 0 Å². The maximum Gasteiger partial charge on any atom is 0.446 e. The van der Waals surface area contributed by atoms with E-state index in [2.05, 4.69) is 10.3 Å². The van der Waals surface area contributed by atoms with Crippen LogP contribution in [-0.2, 0) is 6.54 Å². The molecule has 20 heavy (non-hydrogen) atoms. The van der Waals surface area contributed by atoms with Gasteiger partial charge in [-0.2, -0.15) is 13.2 Å². The summed E-state index contributed by atoms with van der Waals surface area (Å²) in [6.45, 7) is 0.461. The molecule has 0 aliphatic rings. The molecule has 0 fully saturated rings. The van der Waals surface area contributed by atoms with E-state index in [1.807, 2.05) is 0 Å². The standard InChI is InChI=1S/C13H10ClF3N2S/c14-12-11(2-1-7-18-12)19-8-9-3-5-10(6-4-9)20-13(15,16)17/h1-7,19H,8H2. The van der Waals surface area contributed by atoms with Gasteiger partial charge >= 0.3 is 5.51 Å². The van der Waals surface area contributed by atoms with Crippen LogP contribution in [0.25, 0.3) is 0 Å². The Morgan fingerprint density at radius 2 is 1.85 bits per heavy atom. The van der Waals surface area contributed by atoms with Crippen LogP contribution in [-0.4, -0.2) is 10.5 Å². The van der Waals surface area contributed by atoms with Crippen LogP contribution >= 0.6 is 23.4 Å². The third kappa shape index (κ3) is 4.61. The molecular formula is C13H10ClF3N2S. The molecule has 1 N–H and O–H groups in total. The fourth-order valence-corrected chi connectivity index (χ4v) is 2.25. The van der Waals surface area contributed by atoms with Gasteiger partial charge in [0.05, 0.1) is 5.69 Å². The Morgan fingerprint density at radius 3 is 2.45 bits per heavy atom. The van der Waals surface area contributed by atoms with Crippen LogP contribution in [0.2, 0.25) is 5.15 Å². The molecule has 0 atom stereocenters. The van der Waals surface area contributed by atoms with Gasteiger partial charge in [-0.1, -0.05) is 23.7 Å². The number of nitrogens with one attached hydrogen (secondary N) is 1. The van der Waals surface area contributed by atoms with Crippen LogP contribution in [0.3, 0.4) is 0 Å². The molecule has 1 aromatic heterocycles. The Bertz CT molecular complexity index is 573. The van der Waals surface area contributed by atoms with Crippen molar-refractivity contribution in [2.75, 3.05) is 5.32 Å². The molecule has 0 radical (unpaired) electrons. The van der Waals surface area contributed by atoms with Crippen molar-refractivity contribution >= 4 is 29.1 Å². The van der Waals surface area contributed by atoms with E-state index < -0.39 is 5.51 Å². The summed E-state index contributed by atoms with van der Waals surface area (Å²) >= 11 is 5.76. The molecule has 0 spiro atoms. The van der Waals surface area contributed by atoms with Gasteiger partial charge in [0.15, 0.2) is 5.15 Å². The first kappa shape index (κ1) is 15.0. The number of hydrogen-bond acceptors (Lipinski definition) is 3. The molecule has 0 aliphatic carbocycles. The fraction of sp³-hybridized carbons (Fsp3) is 0.154. The topological polar surface area (TPSA) is 24.9 Å². The van der Waals surface area contributed by atoms with Crippen molar-refractivity contribution in [2.45, 2.75) is 16.9 Å². The van der Waals surface area contributed by atoms with E-state index in [0.717, 1.165) is 5.56 Å². The quantitative estimate of drug-likeness (QED) is 0.637. The SMILES string of the molecule is FC(F)(F)Sc1ccc(CNc2cccnc2Cl)cc1. The Morgan fingerprint density at radius 1 is 1.15 bits per heavy atom. The zero-order valence-corrected chi connectivity index (χ0v) is 11.7. The van der Waals surface area contributed by atoms with Gasteiger partial charge in [-0.3, -0.25) is 0 Å². The second-order valence-electron chi connectivity index (χ2n) is 3.89. The van der Waals surface area contributed by atoms with Crippen molar-refractivity contribution in [3.05, 3.63) is 53.3 Å². The third-order valence-corrected chi connectivity index (χ3v) is 3.44. The minimum absolute atomic E-state index is 0.125. The number of benzene rings is 1. The second-order valence-corrected chi connectivity index (χ2v) is 5.38. The van der Waals surface area contributed by atoms with E-state index in [4.69, 9.17) is 11.6 Å². The number of thioether (sulfide) groups is 1. The summed E-state index contributed by atoms with van der Waals surface area (Å²) in [4.78, 5) is 4.09. The highest BCUT2D eigenvalue weighted by Gasteiger charge is 2.28. The fourth-order valence-electron chi connectivity index (χ4n) is 1.52. The molecule has 2 rings (SSSR count). The predicted octanol–water partition coefficient (Wildman–Crippen LogP) is 4.96. The van der Waals surface area contributed by atoms with Crippen LogP contribution in [0.4, 0.5) is 18.9 Å².